The fourth-order valence-electron chi connectivity index (χ4n) is 2.43. The highest BCUT2D eigenvalue weighted by atomic mass is 35.5. The fourth-order valence-corrected chi connectivity index (χ4v) is 2.43. The van der Waals surface area contributed by atoms with Crippen LogP contribution in [0, 0.1) is 0 Å². The van der Waals surface area contributed by atoms with Crippen LogP contribution in [0.15, 0.2) is 42.1 Å². The third-order valence-corrected chi connectivity index (χ3v) is 3.80. The Hall–Kier alpha value is -2.39. The average Bonchev–Trinajstić information content (AvgIpc) is 3.10. The average molecular weight is 388 g/mol. The number of nitrogens with one attached hydrogen (secondary N) is 2. The Morgan fingerprint density at radius 2 is 2.15 bits per heavy atom. The molecule has 6 nitrogen and oxygen atoms in total. The molecule has 10 heteroatoms. The van der Waals surface area contributed by atoms with Gasteiger partial charge in [-0.05, 0) is 31.2 Å². The van der Waals surface area contributed by atoms with Crippen LogP contribution in [-0.4, -0.2) is 40.5 Å². The van der Waals surface area contributed by atoms with Crippen molar-refractivity contribution < 1.29 is 18.0 Å². The standard InChI is InChI=1S/C16H16F3N5O.ClH/c17-16(18,19)12-2-1-3-13(8-12)24-10-14(22-23-24)15(25)21-9-11-4-6-20-7-5-11;/h1-4,8,10,20H,5-7,9H2,(H,21,25);1H. The molecule has 0 radical (unpaired) electrons. The Labute approximate surface area is 153 Å². The molecule has 0 fully saturated rings. The molecule has 2 N–H and O–H groups in total. The topological polar surface area (TPSA) is 71.8 Å². The number of aromatic nitrogens is 3. The molecule has 1 aliphatic heterocycles. The molecular formula is C16H17ClF3N5O. The molecule has 0 spiro atoms. The van der Waals surface area contributed by atoms with Crippen molar-refractivity contribution in [1.29, 1.82) is 0 Å². The molecule has 0 saturated heterocycles. The van der Waals surface area contributed by atoms with E-state index in [1.165, 1.54) is 18.3 Å². The number of carbonyl (C=O) groups is 1. The van der Waals surface area contributed by atoms with Crippen LogP contribution >= 0.6 is 12.4 Å². The maximum atomic E-state index is 12.8. The van der Waals surface area contributed by atoms with Gasteiger partial charge in [0.25, 0.3) is 5.91 Å². The lowest BCUT2D eigenvalue weighted by Gasteiger charge is -2.13. The molecule has 26 heavy (non-hydrogen) atoms. The third-order valence-electron chi connectivity index (χ3n) is 3.80. The van der Waals surface area contributed by atoms with Gasteiger partial charge in [0.2, 0.25) is 0 Å². The lowest BCUT2D eigenvalue weighted by atomic mass is 10.1. The second-order valence-electron chi connectivity index (χ2n) is 5.60. The van der Waals surface area contributed by atoms with E-state index < -0.39 is 17.6 Å². The molecule has 3 rings (SSSR count). The number of carbonyl (C=O) groups excluding carboxylic acids is 1. The zero-order chi connectivity index (χ0) is 17.9. The lowest BCUT2D eigenvalue weighted by Crippen LogP contribution is -2.29. The number of halogens is 4. The quantitative estimate of drug-likeness (QED) is 0.790. The number of hydrogen-bond donors (Lipinski definition) is 2. The minimum absolute atomic E-state index is 0. The molecule has 0 bridgehead atoms. The van der Waals surface area contributed by atoms with Crippen molar-refractivity contribution in [2.75, 3.05) is 19.6 Å². The SMILES string of the molecule is Cl.O=C(NCC1=CCNCC1)c1cn(-c2cccc(C(F)(F)F)c2)nn1. The van der Waals surface area contributed by atoms with Crippen LogP contribution in [-0.2, 0) is 6.18 Å². The highest BCUT2D eigenvalue weighted by Crippen LogP contribution is 2.30. The summed E-state index contributed by atoms with van der Waals surface area (Å²) in [7, 11) is 0. The molecule has 0 atom stereocenters. The molecule has 2 heterocycles. The van der Waals surface area contributed by atoms with Crippen molar-refractivity contribution in [1.82, 2.24) is 25.6 Å². The Bertz CT molecular complexity index is 803. The van der Waals surface area contributed by atoms with Crippen LogP contribution in [0.25, 0.3) is 5.69 Å². The summed E-state index contributed by atoms with van der Waals surface area (Å²) in [6.45, 7) is 2.06. The smallest absolute Gasteiger partial charge is 0.347 e. The Morgan fingerprint density at radius 1 is 1.35 bits per heavy atom. The summed E-state index contributed by atoms with van der Waals surface area (Å²) in [5, 5.41) is 13.4. The van der Waals surface area contributed by atoms with Gasteiger partial charge in [-0.2, -0.15) is 13.2 Å². The number of rotatable bonds is 4. The summed E-state index contributed by atoms with van der Waals surface area (Å²) >= 11 is 0. The van der Waals surface area contributed by atoms with Gasteiger partial charge >= 0.3 is 6.18 Å². The summed E-state index contributed by atoms with van der Waals surface area (Å²) in [5.74, 6) is -0.419. The molecule has 140 valence electrons. The maximum Gasteiger partial charge on any atom is 0.416 e. The highest BCUT2D eigenvalue weighted by Gasteiger charge is 2.30. The molecular weight excluding hydrogens is 371 g/mol. The maximum absolute atomic E-state index is 12.8. The summed E-state index contributed by atoms with van der Waals surface area (Å²) in [5.41, 5.74) is 0.566. The Morgan fingerprint density at radius 3 is 2.85 bits per heavy atom. The van der Waals surface area contributed by atoms with Gasteiger partial charge in [0.05, 0.1) is 17.4 Å². The second kappa shape index (κ2) is 8.33. The van der Waals surface area contributed by atoms with E-state index in [4.69, 9.17) is 0 Å². The minimum atomic E-state index is -4.45. The first kappa shape index (κ1) is 19.9. The Kier molecular flexibility index (Phi) is 6.38. The van der Waals surface area contributed by atoms with Gasteiger partial charge in [0.15, 0.2) is 5.69 Å². The van der Waals surface area contributed by atoms with Gasteiger partial charge in [-0.15, -0.1) is 17.5 Å². The van der Waals surface area contributed by atoms with Crippen molar-refractivity contribution >= 4 is 18.3 Å². The van der Waals surface area contributed by atoms with Crippen molar-refractivity contribution in [2.24, 2.45) is 0 Å². The van der Waals surface area contributed by atoms with Gasteiger partial charge in [-0.25, -0.2) is 4.68 Å². The van der Waals surface area contributed by atoms with Gasteiger partial charge in [-0.3, -0.25) is 4.79 Å². The summed E-state index contributed by atoms with van der Waals surface area (Å²) in [6, 6.07) is 4.67. The second-order valence-corrected chi connectivity index (χ2v) is 5.60. The molecule has 2 aromatic rings. The first-order valence-electron chi connectivity index (χ1n) is 7.70. The van der Waals surface area contributed by atoms with Gasteiger partial charge in [0, 0.05) is 13.1 Å². The summed E-state index contributed by atoms with van der Waals surface area (Å²) in [4.78, 5) is 12.1. The number of benzene rings is 1. The van der Waals surface area contributed by atoms with E-state index >= 15 is 0 Å². The van der Waals surface area contributed by atoms with Gasteiger partial charge in [0.1, 0.15) is 0 Å². The molecule has 1 aromatic carbocycles. The van der Waals surface area contributed by atoms with E-state index in [0.29, 0.717) is 6.54 Å². The number of amides is 1. The monoisotopic (exact) mass is 387 g/mol. The summed E-state index contributed by atoms with van der Waals surface area (Å²) in [6.07, 6.45) is -0.262. The van der Waals surface area contributed by atoms with E-state index in [1.807, 2.05) is 6.08 Å². The van der Waals surface area contributed by atoms with Crippen LogP contribution in [0.3, 0.4) is 0 Å². The molecule has 0 unspecified atom stereocenters. The normalized spacial score (nSPS) is 14.3. The minimum Gasteiger partial charge on any atom is -0.347 e. The third kappa shape index (κ3) is 4.83. The van der Waals surface area contributed by atoms with E-state index in [1.54, 1.807) is 0 Å². The first-order chi connectivity index (χ1) is 11.9. The molecule has 0 aliphatic carbocycles. The van der Waals surface area contributed by atoms with Crippen LogP contribution in [0.1, 0.15) is 22.5 Å². The molecule has 1 aliphatic rings. The van der Waals surface area contributed by atoms with E-state index in [-0.39, 0.29) is 23.8 Å². The molecule has 0 saturated carbocycles. The van der Waals surface area contributed by atoms with Crippen LogP contribution in [0.2, 0.25) is 0 Å². The summed E-state index contributed by atoms with van der Waals surface area (Å²) < 4.78 is 39.5. The number of nitrogens with zero attached hydrogens (tertiary/aromatic N) is 3. The highest BCUT2D eigenvalue weighted by molar-refractivity contribution is 5.92. The van der Waals surface area contributed by atoms with E-state index in [2.05, 4.69) is 20.9 Å². The van der Waals surface area contributed by atoms with Crippen molar-refractivity contribution in [3.8, 4) is 5.69 Å². The number of alkyl halides is 3. The van der Waals surface area contributed by atoms with E-state index in [9.17, 15) is 18.0 Å². The molecule has 1 amide bonds. The van der Waals surface area contributed by atoms with Crippen LogP contribution in [0.4, 0.5) is 13.2 Å². The van der Waals surface area contributed by atoms with Crippen LogP contribution < -0.4 is 10.6 Å². The zero-order valence-electron chi connectivity index (χ0n) is 13.6. The molecule has 1 aromatic heterocycles. The largest absolute Gasteiger partial charge is 0.416 e. The van der Waals surface area contributed by atoms with Crippen LogP contribution in [0.5, 0.6) is 0 Å². The van der Waals surface area contributed by atoms with Crippen molar-refractivity contribution in [3.63, 3.8) is 0 Å². The number of hydrogen-bond acceptors (Lipinski definition) is 4. The Balaban J connectivity index is 0.00000243. The van der Waals surface area contributed by atoms with Gasteiger partial charge < -0.3 is 10.6 Å². The predicted molar refractivity (Wildman–Crippen MR) is 91.5 cm³/mol. The fraction of sp³-hybridized carbons (Fsp3) is 0.312. The van der Waals surface area contributed by atoms with Crippen molar-refractivity contribution in [2.45, 2.75) is 12.6 Å². The van der Waals surface area contributed by atoms with Crippen molar-refractivity contribution in [3.05, 3.63) is 53.4 Å². The van der Waals surface area contributed by atoms with Gasteiger partial charge in [-0.1, -0.05) is 22.9 Å². The van der Waals surface area contributed by atoms with E-state index in [0.717, 1.165) is 41.9 Å². The predicted octanol–water partition coefficient (Wildman–Crippen LogP) is 2.36. The lowest BCUT2D eigenvalue weighted by molar-refractivity contribution is -0.137. The zero-order valence-corrected chi connectivity index (χ0v) is 14.4. The first-order valence-corrected chi connectivity index (χ1v) is 7.70.